The Labute approximate surface area is 115 Å². The van der Waals surface area contributed by atoms with Crippen molar-refractivity contribution in [3.8, 4) is 0 Å². The van der Waals surface area contributed by atoms with Crippen LogP contribution in [0.4, 0.5) is 10.1 Å². The van der Waals surface area contributed by atoms with E-state index in [4.69, 9.17) is 11.6 Å². The van der Waals surface area contributed by atoms with Crippen LogP contribution in [0.25, 0.3) is 0 Å². The zero-order chi connectivity index (χ0) is 13.3. The molecule has 1 aromatic heterocycles. The molecule has 18 heavy (non-hydrogen) atoms. The Morgan fingerprint density at radius 2 is 2.28 bits per heavy atom. The minimum Gasteiger partial charge on any atom is -0.317 e. The number of H-pyrrole nitrogens is 1. The van der Waals surface area contributed by atoms with E-state index in [1.807, 2.05) is 0 Å². The third kappa shape index (κ3) is 2.68. The van der Waals surface area contributed by atoms with Gasteiger partial charge in [-0.15, -0.1) is 5.10 Å². The van der Waals surface area contributed by atoms with E-state index in [1.165, 1.54) is 6.07 Å². The van der Waals surface area contributed by atoms with E-state index in [2.05, 4.69) is 36.4 Å². The molecular weight excluding hydrogens is 326 g/mol. The number of nitrogens with zero attached hydrogens (tertiary/aromatic N) is 2. The van der Waals surface area contributed by atoms with Gasteiger partial charge in [-0.3, -0.25) is 9.89 Å². The highest BCUT2D eigenvalue weighted by atomic mass is 79.9. The number of aromatic amines is 1. The predicted molar refractivity (Wildman–Crippen MR) is 68.2 cm³/mol. The fourth-order valence-electron chi connectivity index (χ4n) is 1.28. The molecule has 0 aliphatic heterocycles. The third-order valence-corrected chi connectivity index (χ3v) is 2.97. The first-order chi connectivity index (χ1) is 8.47. The lowest BCUT2D eigenvalue weighted by Crippen LogP contribution is -2.14. The van der Waals surface area contributed by atoms with E-state index in [9.17, 15) is 9.18 Å². The number of hydrogen-bond donors (Lipinski definition) is 2. The van der Waals surface area contributed by atoms with E-state index in [0.29, 0.717) is 10.3 Å². The molecule has 0 radical (unpaired) electrons. The SMILES string of the molecule is Cc1nc(C(=O)Nc2c(Cl)cc(F)cc2Br)n[nH]1. The highest BCUT2D eigenvalue weighted by Crippen LogP contribution is 2.31. The number of amides is 1. The Kier molecular flexibility index (Phi) is 3.63. The molecule has 1 heterocycles. The van der Waals surface area contributed by atoms with Gasteiger partial charge in [0.05, 0.1) is 10.7 Å². The number of nitrogens with one attached hydrogen (secondary N) is 2. The van der Waals surface area contributed by atoms with Gasteiger partial charge in [0.2, 0.25) is 5.82 Å². The molecule has 0 atom stereocenters. The van der Waals surface area contributed by atoms with Crippen molar-refractivity contribution in [2.75, 3.05) is 5.32 Å². The van der Waals surface area contributed by atoms with Crippen LogP contribution in [0, 0.1) is 12.7 Å². The van der Waals surface area contributed by atoms with Gasteiger partial charge in [-0.25, -0.2) is 9.37 Å². The second kappa shape index (κ2) is 5.03. The molecule has 0 bridgehead atoms. The van der Waals surface area contributed by atoms with Gasteiger partial charge in [-0.05, 0) is 35.0 Å². The van der Waals surface area contributed by atoms with Crippen molar-refractivity contribution in [1.29, 1.82) is 0 Å². The first kappa shape index (κ1) is 13.0. The number of hydrogen-bond acceptors (Lipinski definition) is 3. The summed E-state index contributed by atoms with van der Waals surface area (Å²) in [5.41, 5.74) is 0.269. The van der Waals surface area contributed by atoms with E-state index >= 15 is 0 Å². The summed E-state index contributed by atoms with van der Waals surface area (Å²) >= 11 is 8.95. The van der Waals surface area contributed by atoms with Crippen molar-refractivity contribution in [3.05, 3.63) is 39.1 Å². The van der Waals surface area contributed by atoms with Crippen molar-refractivity contribution in [3.63, 3.8) is 0 Å². The molecule has 1 aromatic carbocycles. The lowest BCUT2D eigenvalue weighted by molar-refractivity contribution is 0.101. The number of benzene rings is 1. The van der Waals surface area contributed by atoms with Crippen LogP contribution in [0.2, 0.25) is 5.02 Å². The van der Waals surface area contributed by atoms with Gasteiger partial charge in [0.15, 0.2) is 0 Å². The Balaban J connectivity index is 2.27. The summed E-state index contributed by atoms with van der Waals surface area (Å²) in [6.45, 7) is 1.67. The highest BCUT2D eigenvalue weighted by Gasteiger charge is 2.15. The zero-order valence-electron chi connectivity index (χ0n) is 9.09. The van der Waals surface area contributed by atoms with Crippen LogP contribution in [0.15, 0.2) is 16.6 Å². The minimum absolute atomic E-state index is 0.0141. The zero-order valence-corrected chi connectivity index (χ0v) is 11.4. The van der Waals surface area contributed by atoms with Gasteiger partial charge in [0, 0.05) is 4.47 Å². The smallest absolute Gasteiger partial charge is 0.295 e. The molecule has 1 amide bonds. The average molecular weight is 334 g/mol. The quantitative estimate of drug-likeness (QED) is 0.887. The van der Waals surface area contributed by atoms with Gasteiger partial charge < -0.3 is 5.32 Å². The van der Waals surface area contributed by atoms with Crippen molar-refractivity contribution >= 4 is 39.1 Å². The molecule has 0 unspecified atom stereocenters. The van der Waals surface area contributed by atoms with E-state index < -0.39 is 11.7 Å². The summed E-state index contributed by atoms with van der Waals surface area (Å²) in [5, 5.41) is 8.85. The Hall–Kier alpha value is -1.47. The summed E-state index contributed by atoms with van der Waals surface area (Å²) in [7, 11) is 0. The van der Waals surface area contributed by atoms with Crippen LogP contribution >= 0.6 is 27.5 Å². The number of carbonyl (C=O) groups is 1. The lowest BCUT2D eigenvalue weighted by atomic mass is 10.3. The predicted octanol–water partition coefficient (Wildman–Crippen LogP) is 2.92. The number of anilines is 1. The van der Waals surface area contributed by atoms with Crippen molar-refractivity contribution in [1.82, 2.24) is 15.2 Å². The number of carbonyl (C=O) groups excluding carboxylic acids is 1. The molecule has 0 aliphatic carbocycles. The molecule has 0 fully saturated rings. The van der Waals surface area contributed by atoms with E-state index in [-0.39, 0.29) is 16.5 Å². The molecule has 0 spiro atoms. The highest BCUT2D eigenvalue weighted by molar-refractivity contribution is 9.10. The molecular formula is C10H7BrClFN4O. The standard InChI is InChI=1S/C10H7BrClFN4O/c1-4-14-9(17-16-4)10(18)15-8-6(11)2-5(13)3-7(8)12/h2-3H,1H3,(H,15,18)(H,14,16,17). The van der Waals surface area contributed by atoms with Crippen molar-refractivity contribution in [2.45, 2.75) is 6.92 Å². The number of aromatic nitrogens is 3. The molecule has 0 saturated heterocycles. The lowest BCUT2D eigenvalue weighted by Gasteiger charge is -2.07. The molecule has 2 rings (SSSR count). The Morgan fingerprint density at radius 3 is 2.83 bits per heavy atom. The summed E-state index contributed by atoms with van der Waals surface area (Å²) < 4.78 is 13.4. The van der Waals surface area contributed by atoms with Crippen molar-refractivity contribution in [2.24, 2.45) is 0 Å². The van der Waals surface area contributed by atoms with Crippen LogP contribution < -0.4 is 5.32 Å². The second-order valence-electron chi connectivity index (χ2n) is 3.44. The average Bonchev–Trinajstić information content (AvgIpc) is 2.70. The number of halogens is 3. The molecule has 0 aliphatic rings. The van der Waals surface area contributed by atoms with Crippen LogP contribution in [0.5, 0.6) is 0 Å². The maximum absolute atomic E-state index is 13.0. The van der Waals surface area contributed by atoms with Gasteiger partial charge in [-0.2, -0.15) is 0 Å². The first-order valence-electron chi connectivity index (χ1n) is 4.82. The van der Waals surface area contributed by atoms with Gasteiger partial charge in [0.1, 0.15) is 11.6 Å². The fraction of sp³-hybridized carbons (Fsp3) is 0.100. The monoisotopic (exact) mass is 332 g/mol. The van der Waals surface area contributed by atoms with Crippen LogP contribution in [0.3, 0.4) is 0 Å². The Bertz CT molecular complexity index is 593. The number of rotatable bonds is 2. The topological polar surface area (TPSA) is 70.7 Å². The third-order valence-electron chi connectivity index (χ3n) is 2.05. The van der Waals surface area contributed by atoms with Crippen molar-refractivity contribution < 1.29 is 9.18 Å². The molecule has 0 saturated carbocycles. The fourth-order valence-corrected chi connectivity index (χ4v) is 2.17. The van der Waals surface area contributed by atoms with Gasteiger partial charge in [-0.1, -0.05) is 11.6 Å². The van der Waals surface area contributed by atoms with Crippen LogP contribution in [-0.4, -0.2) is 21.1 Å². The second-order valence-corrected chi connectivity index (χ2v) is 4.70. The van der Waals surface area contributed by atoms with Gasteiger partial charge >= 0.3 is 0 Å². The van der Waals surface area contributed by atoms with Crippen LogP contribution in [0.1, 0.15) is 16.4 Å². The summed E-state index contributed by atoms with van der Waals surface area (Å²) in [4.78, 5) is 15.7. The normalized spacial score (nSPS) is 10.4. The summed E-state index contributed by atoms with van der Waals surface area (Å²) in [6, 6.07) is 2.30. The molecule has 8 heteroatoms. The first-order valence-corrected chi connectivity index (χ1v) is 5.99. The van der Waals surface area contributed by atoms with Gasteiger partial charge in [0.25, 0.3) is 5.91 Å². The molecule has 2 aromatic rings. The minimum atomic E-state index is -0.534. The Morgan fingerprint density at radius 1 is 1.56 bits per heavy atom. The van der Waals surface area contributed by atoms with Crippen LogP contribution in [-0.2, 0) is 0 Å². The molecule has 5 nitrogen and oxygen atoms in total. The van der Waals surface area contributed by atoms with E-state index in [0.717, 1.165) is 6.07 Å². The number of aryl methyl sites for hydroxylation is 1. The maximum atomic E-state index is 13.0. The summed E-state index contributed by atoms with van der Waals surface area (Å²) in [6.07, 6.45) is 0. The van der Waals surface area contributed by atoms with E-state index in [1.54, 1.807) is 6.92 Å². The largest absolute Gasteiger partial charge is 0.317 e. The molecule has 2 N–H and O–H groups in total. The summed E-state index contributed by atoms with van der Waals surface area (Å²) in [5.74, 6) is -0.531. The maximum Gasteiger partial charge on any atom is 0.295 e. The molecule has 94 valence electrons.